The van der Waals surface area contributed by atoms with Crippen LogP contribution >= 0.6 is 17.0 Å². The quantitative estimate of drug-likeness (QED) is 0.151. The number of rotatable bonds is 12. The van der Waals surface area contributed by atoms with Crippen LogP contribution in [-0.4, -0.2) is 26.2 Å². The van der Waals surface area contributed by atoms with Crippen LogP contribution < -0.4 is 9.80 Å². The summed E-state index contributed by atoms with van der Waals surface area (Å²) in [4.78, 5) is 4.77. The van der Waals surface area contributed by atoms with E-state index < -0.39 is 0 Å². The highest BCUT2D eigenvalue weighted by molar-refractivity contribution is 8.93. The Bertz CT molecular complexity index is 1320. The van der Waals surface area contributed by atoms with Crippen LogP contribution in [-0.2, 0) is 0 Å². The molecule has 0 radical (unpaired) electrons. The summed E-state index contributed by atoms with van der Waals surface area (Å²) >= 11 is 0. The van der Waals surface area contributed by atoms with Gasteiger partial charge in [0.25, 0.3) is 0 Å². The summed E-state index contributed by atoms with van der Waals surface area (Å²) in [6.45, 7) is 12.9. The molecular formula is C37H43BrN2. The number of benzene rings is 4. The van der Waals surface area contributed by atoms with Crippen molar-refractivity contribution in [3.05, 3.63) is 150 Å². The van der Waals surface area contributed by atoms with E-state index in [0.717, 1.165) is 26.2 Å². The fraction of sp³-hybridized carbons (Fsp3) is 0.243. The van der Waals surface area contributed by atoms with E-state index >= 15 is 0 Å². The number of halogens is 1. The van der Waals surface area contributed by atoms with Crippen molar-refractivity contribution in [1.29, 1.82) is 0 Å². The Morgan fingerprint density at radius 2 is 0.975 bits per heavy atom. The second kappa shape index (κ2) is 15.9. The van der Waals surface area contributed by atoms with Crippen LogP contribution in [0, 0.1) is 0 Å². The lowest BCUT2D eigenvalue weighted by Gasteiger charge is -2.22. The van der Waals surface area contributed by atoms with Gasteiger partial charge in [-0.25, -0.2) is 0 Å². The summed E-state index contributed by atoms with van der Waals surface area (Å²) in [5.41, 5.74) is 8.80. The molecule has 0 spiro atoms. The van der Waals surface area contributed by atoms with Crippen LogP contribution in [0.2, 0.25) is 0 Å². The molecule has 3 heteroatoms. The number of anilines is 2. The first-order valence-corrected chi connectivity index (χ1v) is 14.4. The molecule has 1 atom stereocenters. The topological polar surface area (TPSA) is 6.48 Å². The lowest BCUT2D eigenvalue weighted by molar-refractivity contribution is 0.865. The van der Waals surface area contributed by atoms with Crippen LogP contribution in [0.3, 0.4) is 0 Å². The monoisotopic (exact) mass is 594 g/mol. The second-order valence-corrected chi connectivity index (χ2v) is 9.70. The molecule has 1 unspecified atom stereocenters. The molecule has 4 rings (SSSR count). The highest BCUT2D eigenvalue weighted by atomic mass is 79.9. The van der Waals surface area contributed by atoms with Crippen molar-refractivity contribution in [2.45, 2.75) is 33.6 Å². The van der Waals surface area contributed by atoms with E-state index in [0.29, 0.717) is 0 Å². The maximum atomic E-state index is 2.39. The lowest BCUT2D eigenvalue weighted by Crippen LogP contribution is -2.21. The van der Waals surface area contributed by atoms with Crippen molar-refractivity contribution in [1.82, 2.24) is 0 Å². The van der Waals surface area contributed by atoms with Crippen molar-refractivity contribution in [2.75, 3.05) is 36.0 Å². The molecule has 208 valence electrons. The average Bonchev–Trinajstić information content (AvgIpc) is 3.00. The van der Waals surface area contributed by atoms with Gasteiger partial charge >= 0.3 is 0 Å². The largest absolute Gasteiger partial charge is 0.372 e. The number of hydrogen-bond acceptors (Lipinski definition) is 2. The van der Waals surface area contributed by atoms with E-state index in [2.05, 4.69) is 165 Å². The molecule has 0 saturated carbocycles. The Morgan fingerprint density at radius 3 is 1.48 bits per heavy atom. The molecule has 0 aliphatic rings. The molecule has 0 saturated heterocycles. The van der Waals surface area contributed by atoms with Gasteiger partial charge in [-0.2, -0.15) is 0 Å². The minimum atomic E-state index is 0. The SMILES string of the molecule is Br.CCN(CC)c1ccc(C(=CC=CC(c2ccccc2)c2ccc(N(CC)CC)cc2)c2ccccc2)cc1. The lowest BCUT2D eigenvalue weighted by atomic mass is 9.90. The second-order valence-electron chi connectivity index (χ2n) is 9.70. The molecular weight excluding hydrogens is 552 g/mol. The molecule has 2 nitrogen and oxygen atoms in total. The predicted molar refractivity (Wildman–Crippen MR) is 181 cm³/mol. The smallest absolute Gasteiger partial charge is 0.0366 e. The predicted octanol–water partition coefficient (Wildman–Crippen LogP) is 9.78. The Morgan fingerprint density at radius 1 is 0.550 bits per heavy atom. The number of allylic oxidation sites excluding steroid dienone is 3. The maximum Gasteiger partial charge on any atom is 0.0366 e. The van der Waals surface area contributed by atoms with Crippen molar-refractivity contribution in [3.63, 3.8) is 0 Å². The van der Waals surface area contributed by atoms with E-state index in [4.69, 9.17) is 0 Å². The summed E-state index contributed by atoms with van der Waals surface area (Å²) in [5.74, 6) is 0.176. The molecule has 0 amide bonds. The van der Waals surface area contributed by atoms with E-state index in [1.165, 1.54) is 39.2 Å². The Labute approximate surface area is 252 Å². The van der Waals surface area contributed by atoms with Crippen molar-refractivity contribution in [3.8, 4) is 0 Å². The van der Waals surface area contributed by atoms with Gasteiger partial charge in [0.15, 0.2) is 0 Å². The first-order valence-electron chi connectivity index (χ1n) is 14.4. The Hall–Kier alpha value is -3.56. The maximum absolute atomic E-state index is 2.39. The molecule has 4 aromatic carbocycles. The minimum Gasteiger partial charge on any atom is -0.372 e. The summed E-state index contributed by atoms with van der Waals surface area (Å²) in [6, 6.07) is 39.5. The van der Waals surface area contributed by atoms with E-state index in [-0.39, 0.29) is 22.9 Å². The molecule has 40 heavy (non-hydrogen) atoms. The van der Waals surface area contributed by atoms with Gasteiger partial charge in [-0.1, -0.05) is 103 Å². The van der Waals surface area contributed by atoms with Gasteiger partial charge in [0.05, 0.1) is 0 Å². The normalized spacial score (nSPS) is 12.2. The molecule has 0 fully saturated rings. The van der Waals surface area contributed by atoms with Crippen LogP contribution in [0.25, 0.3) is 5.57 Å². The van der Waals surface area contributed by atoms with Crippen LogP contribution in [0.1, 0.15) is 55.9 Å². The van der Waals surface area contributed by atoms with Crippen LogP contribution in [0.15, 0.2) is 127 Å². The Kier molecular flexibility index (Phi) is 12.3. The Balaban J connectivity index is 0.00000441. The van der Waals surface area contributed by atoms with Gasteiger partial charge in [0.1, 0.15) is 0 Å². The van der Waals surface area contributed by atoms with Crippen molar-refractivity contribution in [2.24, 2.45) is 0 Å². The summed E-state index contributed by atoms with van der Waals surface area (Å²) in [5, 5.41) is 0. The van der Waals surface area contributed by atoms with Gasteiger partial charge in [0, 0.05) is 43.5 Å². The zero-order valence-corrected chi connectivity index (χ0v) is 26.0. The van der Waals surface area contributed by atoms with Crippen LogP contribution in [0.4, 0.5) is 11.4 Å². The molecule has 0 bridgehead atoms. The molecule has 0 aliphatic carbocycles. The fourth-order valence-corrected chi connectivity index (χ4v) is 5.24. The molecule has 0 N–H and O–H groups in total. The average molecular weight is 596 g/mol. The molecule has 0 aromatic heterocycles. The van der Waals surface area contributed by atoms with Gasteiger partial charge in [-0.15, -0.1) is 17.0 Å². The summed E-state index contributed by atoms with van der Waals surface area (Å²) in [6.07, 6.45) is 6.83. The van der Waals surface area contributed by atoms with E-state index in [1.54, 1.807) is 0 Å². The van der Waals surface area contributed by atoms with Crippen LogP contribution in [0.5, 0.6) is 0 Å². The molecule has 0 aliphatic heterocycles. The molecule has 4 aromatic rings. The van der Waals surface area contributed by atoms with E-state index in [9.17, 15) is 0 Å². The first-order chi connectivity index (χ1) is 19.2. The number of nitrogens with zero attached hydrogens (tertiary/aromatic N) is 2. The summed E-state index contributed by atoms with van der Waals surface area (Å²) < 4.78 is 0. The van der Waals surface area contributed by atoms with Gasteiger partial charge < -0.3 is 9.80 Å². The zero-order chi connectivity index (χ0) is 27.5. The van der Waals surface area contributed by atoms with Crippen molar-refractivity contribution >= 4 is 33.9 Å². The van der Waals surface area contributed by atoms with Gasteiger partial charge in [-0.05, 0) is 79.8 Å². The van der Waals surface area contributed by atoms with Gasteiger partial charge in [0.2, 0.25) is 0 Å². The number of hydrogen-bond donors (Lipinski definition) is 0. The highest BCUT2D eigenvalue weighted by Gasteiger charge is 2.12. The van der Waals surface area contributed by atoms with Gasteiger partial charge in [-0.3, -0.25) is 0 Å². The highest BCUT2D eigenvalue weighted by Crippen LogP contribution is 2.30. The third-order valence-electron chi connectivity index (χ3n) is 7.50. The fourth-order valence-electron chi connectivity index (χ4n) is 5.24. The standard InChI is InChI=1S/C37H42N2.BrH/c1-5-38(6-2)34-26-22-32(23-27-34)36(30-16-11-9-12-17-30)20-15-21-37(31-18-13-10-14-19-31)33-24-28-35(29-25-33)39(7-3)8-4;/h9-29,36H,5-8H2,1-4H3;1H. The van der Waals surface area contributed by atoms with E-state index in [1.807, 2.05) is 0 Å². The third-order valence-corrected chi connectivity index (χ3v) is 7.50. The van der Waals surface area contributed by atoms with Crippen molar-refractivity contribution < 1.29 is 0 Å². The third kappa shape index (κ3) is 7.76. The zero-order valence-electron chi connectivity index (χ0n) is 24.3. The minimum absolute atomic E-state index is 0. The molecule has 0 heterocycles. The summed E-state index contributed by atoms with van der Waals surface area (Å²) in [7, 11) is 0. The first kappa shape index (κ1) is 31.0.